The molecule has 11 nitrogen and oxygen atoms in total. The Hall–Kier alpha value is -3.50. The van der Waals surface area contributed by atoms with Crippen LogP contribution in [-0.2, 0) is 37.2 Å². The highest BCUT2D eigenvalue weighted by atomic mass is 19.4. The van der Waals surface area contributed by atoms with Gasteiger partial charge in [-0.15, -0.1) is 0 Å². The number of anilines is 1. The maximum absolute atomic E-state index is 13.4. The number of benzene rings is 2. The number of nitrogens with zero attached hydrogens (tertiary/aromatic N) is 1. The summed E-state index contributed by atoms with van der Waals surface area (Å²) in [5, 5.41) is 15.7. The zero-order valence-corrected chi connectivity index (χ0v) is 25.3. The fourth-order valence-electron chi connectivity index (χ4n) is 5.78. The van der Waals surface area contributed by atoms with Crippen LogP contribution in [-0.4, -0.2) is 72.0 Å². The lowest BCUT2D eigenvalue weighted by molar-refractivity contribution is -0.137. The van der Waals surface area contributed by atoms with Crippen molar-refractivity contribution in [3.8, 4) is 0 Å². The largest absolute Gasteiger partial charge is 0.492 e. The highest BCUT2D eigenvalue weighted by molar-refractivity contribution is 6.62. The molecule has 2 aromatic rings. The summed E-state index contributed by atoms with van der Waals surface area (Å²) in [6, 6.07) is 6.93. The Morgan fingerprint density at radius 2 is 1.82 bits per heavy atom. The average molecular weight is 632 g/mol. The van der Waals surface area contributed by atoms with E-state index in [4.69, 9.17) is 21.9 Å². The van der Waals surface area contributed by atoms with Crippen LogP contribution in [0.5, 0.6) is 0 Å². The third-order valence-electron chi connectivity index (χ3n) is 8.32. The highest BCUT2D eigenvalue weighted by Crippen LogP contribution is 2.31. The molecule has 3 amide bonds. The summed E-state index contributed by atoms with van der Waals surface area (Å²) in [5.74, 6) is -1.48. The van der Waals surface area contributed by atoms with Crippen LogP contribution in [0.4, 0.5) is 18.9 Å². The summed E-state index contributed by atoms with van der Waals surface area (Å²) in [4.78, 5) is 40.9. The molecule has 1 saturated heterocycles. The summed E-state index contributed by atoms with van der Waals surface area (Å²) in [5.41, 5.74) is 18.5. The van der Waals surface area contributed by atoms with E-state index in [1.807, 2.05) is 0 Å². The lowest BCUT2D eigenvalue weighted by Crippen LogP contribution is -2.50. The van der Waals surface area contributed by atoms with E-state index in [2.05, 4.69) is 10.6 Å². The Morgan fingerprint density at radius 1 is 1.13 bits per heavy atom. The molecule has 0 unspecified atom stereocenters. The first-order chi connectivity index (χ1) is 21.1. The molecule has 2 aromatic carbocycles. The number of likely N-dealkylation sites (tertiary alicyclic amines) is 1. The molecule has 244 valence electrons. The van der Waals surface area contributed by atoms with Crippen molar-refractivity contribution in [3.05, 3.63) is 59.2 Å². The predicted octanol–water partition coefficient (Wildman–Crippen LogP) is 0.709. The van der Waals surface area contributed by atoms with Crippen LogP contribution in [0, 0.1) is 0 Å². The van der Waals surface area contributed by atoms with Gasteiger partial charge >= 0.3 is 13.3 Å². The van der Waals surface area contributed by atoms with Gasteiger partial charge in [0.15, 0.2) is 0 Å². The quantitative estimate of drug-likeness (QED) is 0.196. The number of amides is 3. The van der Waals surface area contributed by atoms with Crippen LogP contribution in [0.25, 0.3) is 0 Å². The van der Waals surface area contributed by atoms with E-state index in [9.17, 15) is 32.6 Å². The maximum Gasteiger partial charge on any atom is 0.492 e. The van der Waals surface area contributed by atoms with Gasteiger partial charge in [0.05, 0.1) is 17.2 Å². The smallest absolute Gasteiger partial charge is 0.423 e. The molecule has 0 aliphatic carbocycles. The number of alkyl halides is 3. The minimum atomic E-state index is -4.48. The van der Waals surface area contributed by atoms with Crippen LogP contribution < -0.4 is 33.3 Å². The number of hydrogen-bond donors (Lipinski definition) is 6. The van der Waals surface area contributed by atoms with Crippen LogP contribution in [0.2, 0.25) is 0 Å². The van der Waals surface area contributed by atoms with Gasteiger partial charge in [-0.25, -0.2) is 0 Å². The number of carbonyl (C=O) groups excluding carboxylic acids is 3. The molecular weight excluding hydrogens is 592 g/mol. The number of nitrogens with one attached hydrogen (secondary N) is 2. The van der Waals surface area contributed by atoms with Crippen LogP contribution >= 0.6 is 0 Å². The van der Waals surface area contributed by atoms with E-state index in [0.29, 0.717) is 29.7 Å². The molecule has 0 bridgehead atoms. The van der Waals surface area contributed by atoms with E-state index in [1.165, 1.54) is 12.1 Å². The number of nitrogens with two attached hydrogens (primary N) is 3. The second-order valence-corrected chi connectivity index (χ2v) is 12.1. The Kier molecular flexibility index (Phi) is 10.6. The maximum atomic E-state index is 13.4. The van der Waals surface area contributed by atoms with Gasteiger partial charge in [-0.3, -0.25) is 14.4 Å². The zero-order chi connectivity index (χ0) is 33.1. The first kappa shape index (κ1) is 34.4. The number of rotatable bonds is 11. The molecule has 2 aliphatic heterocycles. The van der Waals surface area contributed by atoms with Crippen molar-refractivity contribution < 1.29 is 37.2 Å². The number of halogens is 3. The van der Waals surface area contributed by atoms with Crippen LogP contribution in [0.15, 0.2) is 42.5 Å². The molecular formula is C30H40BF3N6O5. The SMILES string of the molecule is CC1(C)OB(O)c2cc(NC(=O)[C@@H](CCc3ccc(C(F)(F)F)cc3)NC(=O)[C@@H](N)CCC(=O)N3C[C@@H](N)C[C@H]3CN)ccc21. The van der Waals surface area contributed by atoms with Crippen molar-refractivity contribution in [3.63, 3.8) is 0 Å². The summed E-state index contributed by atoms with van der Waals surface area (Å²) in [6.07, 6.45) is -3.68. The lowest BCUT2D eigenvalue weighted by Gasteiger charge is -2.24. The fraction of sp³-hybridized carbons (Fsp3) is 0.500. The molecule has 15 heteroatoms. The van der Waals surface area contributed by atoms with Gasteiger partial charge in [0.1, 0.15) is 6.04 Å². The van der Waals surface area contributed by atoms with Gasteiger partial charge in [0, 0.05) is 37.3 Å². The summed E-state index contributed by atoms with van der Waals surface area (Å²) < 4.78 is 44.6. The monoisotopic (exact) mass is 632 g/mol. The molecule has 1 fully saturated rings. The van der Waals surface area contributed by atoms with Gasteiger partial charge in [-0.2, -0.15) is 13.2 Å². The Balaban J connectivity index is 1.43. The average Bonchev–Trinajstić information content (AvgIpc) is 3.47. The van der Waals surface area contributed by atoms with Crippen molar-refractivity contribution in [2.45, 2.75) is 81.9 Å². The summed E-state index contributed by atoms with van der Waals surface area (Å²) in [6.45, 7) is 4.26. The summed E-state index contributed by atoms with van der Waals surface area (Å²) >= 11 is 0. The standard InChI is InChI=1S/C30H40BF3N6O5/c1-29(2)22-9-8-20(14-23(22)31(44)45-29)38-28(43)25(11-5-17-3-6-18(7-4-17)30(32,33)34)39-27(42)24(37)10-12-26(41)40-16-19(36)13-21(40)15-35/h3-4,6-9,14,19,21,24-25,44H,5,10-13,15-16,35-37H2,1-2H3,(H,38,43)(H,39,42)/t19-,21-,24-,25+/m0/s1. The van der Waals surface area contributed by atoms with Crippen LogP contribution in [0.3, 0.4) is 0 Å². The van der Waals surface area contributed by atoms with Crippen molar-refractivity contribution in [2.75, 3.05) is 18.4 Å². The normalized spacial score (nSPS) is 20.5. The molecule has 9 N–H and O–H groups in total. The highest BCUT2D eigenvalue weighted by Gasteiger charge is 2.41. The first-order valence-corrected chi connectivity index (χ1v) is 14.9. The number of fused-ring (bicyclic) bond motifs is 1. The number of hydrogen-bond acceptors (Lipinski definition) is 8. The van der Waals surface area contributed by atoms with Gasteiger partial charge in [0.25, 0.3) is 0 Å². The first-order valence-electron chi connectivity index (χ1n) is 14.9. The van der Waals surface area contributed by atoms with E-state index < -0.39 is 48.4 Å². The Labute approximate surface area is 260 Å². The topological polar surface area (TPSA) is 186 Å². The molecule has 2 aliphatic rings. The fourth-order valence-corrected chi connectivity index (χ4v) is 5.78. The van der Waals surface area contributed by atoms with Crippen molar-refractivity contribution in [1.82, 2.24) is 10.2 Å². The van der Waals surface area contributed by atoms with Gasteiger partial charge in [-0.1, -0.05) is 18.2 Å². The number of aryl methyl sites for hydroxylation is 1. The summed E-state index contributed by atoms with van der Waals surface area (Å²) in [7, 11) is -1.18. The molecule has 0 saturated carbocycles. The van der Waals surface area contributed by atoms with Crippen LogP contribution in [0.1, 0.15) is 56.2 Å². The molecule has 4 atom stereocenters. The van der Waals surface area contributed by atoms with Gasteiger partial charge in [0.2, 0.25) is 17.7 Å². The molecule has 0 spiro atoms. The van der Waals surface area contributed by atoms with E-state index in [1.54, 1.807) is 36.9 Å². The minimum absolute atomic E-state index is 0.0133. The third-order valence-corrected chi connectivity index (χ3v) is 8.32. The molecule has 2 heterocycles. The van der Waals surface area contributed by atoms with E-state index >= 15 is 0 Å². The molecule has 45 heavy (non-hydrogen) atoms. The molecule has 0 aromatic heterocycles. The van der Waals surface area contributed by atoms with Crippen molar-refractivity contribution in [1.29, 1.82) is 0 Å². The second kappa shape index (κ2) is 13.9. The number of carbonyl (C=O) groups is 3. The Bertz CT molecular complexity index is 1390. The van der Waals surface area contributed by atoms with E-state index in [-0.39, 0.29) is 50.2 Å². The van der Waals surface area contributed by atoms with Gasteiger partial charge < -0.3 is 42.4 Å². The predicted molar refractivity (Wildman–Crippen MR) is 163 cm³/mol. The van der Waals surface area contributed by atoms with E-state index in [0.717, 1.165) is 17.7 Å². The Morgan fingerprint density at radius 3 is 2.47 bits per heavy atom. The van der Waals surface area contributed by atoms with Gasteiger partial charge in [-0.05, 0) is 80.4 Å². The lowest BCUT2D eigenvalue weighted by atomic mass is 9.78. The minimum Gasteiger partial charge on any atom is -0.423 e. The van der Waals surface area contributed by atoms with Crippen molar-refractivity contribution in [2.24, 2.45) is 17.2 Å². The van der Waals surface area contributed by atoms with Crippen molar-refractivity contribution >= 4 is 36.0 Å². The molecule has 0 radical (unpaired) electrons. The third kappa shape index (κ3) is 8.41. The second-order valence-electron chi connectivity index (χ2n) is 12.1. The zero-order valence-electron chi connectivity index (χ0n) is 25.3. The molecule has 4 rings (SSSR count).